The molecule has 2 aromatic carbocycles. The zero-order valence-corrected chi connectivity index (χ0v) is 7.44. The summed E-state index contributed by atoms with van der Waals surface area (Å²) in [6.45, 7) is 0. The highest BCUT2D eigenvalue weighted by Crippen LogP contribution is 2.21. The van der Waals surface area contributed by atoms with Gasteiger partial charge in [0.2, 0.25) is 0 Å². The number of benzene rings is 2. The molecule has 1 heterocycles. The largest absolute Gasteiger partial charge is 0.244 e. The average molecular weight is 179 g/mol. The zero-order valence-electron chi connectivity index (χ0n) is 7.44. The van der Waals surface area contributed by atoms with Crippen LogP contribution in [0.15, 0.2) is 42.9 Å². The lowest BCUT2D eigenvalue weighted by Gasteiger charge is -2.00. The highest BCUT2D eigenvalue weighted by atomic mass is 14.8. The highest BCUT2D eigenvalue weighted by Gasteiger charge is 1.99. The van der Waals surface area contributed by atoms with E-state index >= 15 is 0 Å². The van der Waals surface area contributed by atoms with E-state index in [9.17, 15) is 0 Å². The van der Waals surface area contributed by atoms with Gasteiger partial charge in [-0.1, -0.05) is 24.3 Å². The van der Waals surface area contributed by atoms with E-state index in [-0.39, 0.29) is 0 Å². The molecule has 0 aliphatic rings. The van der Waals surface area contributed by atoms with Crippen molar-refractivity contribution >= 4 is 21.7 Å². The number of hydrogen-bond acceptors (Lipinski definition) is 2. The molecule has 2 nitrogen and oxygen atoms in total. The fourth-order valence-corrected chi connectivity index (χ4v) is 1.66. The summed E-state index contributed by atoms with van der Waals surface area (Å²) in [5.74, 6) is 0. The highest BCUT2D eigenvalue weighted by molar-refractivity contribution is 6.04. The second-order valence-corrected chi connectivity index (χ2v) is 3.17. The first-order valence-corrected chi connectivity index (χ1v) is 4.44. The van der Waals surface area contributed by atoms with E-state index in [0.29, 0.717) is 0 Å². The van der Waals surface area contributed by atoms with Crippen molar-refractivity contribution in [3.05, 3.63) is 48.9 Å². The Hall–Kier alpha value is -1.96. The molecule has 0 aliphatic heterocycles. The molecule has 1 radical (unpaired) electrons. The second-order valence-electron chi connectivity index (χ2n) is 3.17. The minimum absolute atomic E-state index is 1.01. The van der Waals surface area contributed by atoms with Gasteiger partial charge in [0.1, 0.15) is 6.33 Å². The summed E-state index contributed by atoms with van der Waals surface area (Å²) >= 11 is 0. The normalized spacial score (nSPS) is 10.9. The minimum Gasteiger partial charge on any atom is -0.244 e. The summed E-state index contributed by atoms with van der Waals surface area (Å²) in [7, 11) is 0. The van der Waals surface area contributed by atoms with Gasteiger partial charge < -0.3 is 0 Å². The van der Waals surface area contributed by atoms with E-state index in [0.717, 1.165) is 16.3 Å². The molecule has 0 fully saturated rings. The van der Waals surface area contributed by atoms with Crippen molar-refractivity contribution in [2.24, 2.45) is 0 Å². The van der Waals surface area contributed by atoms with Crippen molar-refractivity contribution in [3.63, 3.8) is 0 Å². The Kier molecular flexibility index (Phi) is 1.47. The zero-order chi connectivity index (χ0) is 9.38. The molecular weight excluding hydrogens is 172 g/mol. The lowest BCUT2D eigenvalue weighted by molar-refractivity contribution is 1.23. The maximum atomic E-state index is 4.28. The first-order chi connectivity index (χ1) is 6.95. The smallest absolute Gasteiger partial charge is 0.116 e. The molecule has 65 valence electrons. The van der Waals surface area contributed by atoms with Gasteiger partial charge in [0.15, 0.2) is 0 Å². The van der Waals surface area contributed by atoms with Crippen LogP contribution in [0.2, 0.25) is 0 Å². The molecule has 0 unspecified atom stereocenters. The average Bonchev–Trinajstić information content (AvgIpc) is 2.29. The van der Waals surface area contributed by atoms with E-state index in [4.69, 9.17) is 0 Å². The van der Waals surface area contributed by atoms with E-state index < -0.39 is 0 Å². The molecule has 14 heavy (non-hydrogen) atoms. The van der Waals surface area contributed by atoms with Crippen LogP contribution in [-0.2, 0) is 0 Å². The van der Waals surface area contributed by atoms with E-state index in [1.807, 2.05) is 30.5 Å². The van der Waals surface area contributed by atoms with Crippen LogP contribution in [0.3, 0.4) is 0 Å². The van der Waals surface area contributed by atoms with Gasteiger partial charge in [-0.15, -0.1) is 0 Å². The van der Waals surface area contributed by atoms with Gasteiger partial charge >= 0.3 is 0 Å². The number of fused-ring (bicyclic) bond motifs is 3. The van der Waals surface area contributed by atoms with Crippen molar-refractivity contribution < 1.29 is 0 Å². The fourth-order valence-electron chi connectivity index (χ4n) is 1.66. The molecule has 3 rings (SSSR count). The Labute approximate surface area is 81.2 Å². The second kappa shape index (κ2) is 2.77. The predicted octanol–water partition coefficient (Wildman–Crippen LogP) is 2.58. The summed E-state index contributed by atoms with van der Waals surface area (Å²) in [5.41, 5.74) is 1.01. The monoisotopic (exact) mass is 179 g/mol. The van der Waals surface area contributed by atoms with Crippen LogP contribution in [0.1, 0.15) is 0 Å². The number of hydrogen-bond donors (Lipinski definition) is 0. The molecule has 2 heteroatoms. The molecule has 3 aromatic rings. The van der Waals surface area contributed by atoms with Gasteiger partial charge in [-0.05, 0) is 17.5 Å². The van der Waals surface area contributed by atoms with Crippen molar-refractivity contribution in [1.29, 1.82) is 0 Å². The van der Waals surface area contributed by atoms with Gasteiger partial charge in [0.25, 0.3) is 0 Å². The molecular formula is C12H7N2. The third-order valence-electron chi connectivity index (χ3n) is 2.33. The summed E-state index contributed by atoms with van der Waals surface area (Å²) < 4.78 is 0. The van der Waals surface area contributed by atoms with Crippen molar-refractivity contribution in [2.45, 2.75) is 0 Å². The number of aromatic nitrogens is 2. The fraction of sp³-hybridized carbons (Fsp3) is 0. The minimum atomic E-state index is 1.01. The van der Waals surface area contributed by atoms with Crippen molar-refractivity contribution in [3.8, 4) is 0 Å². The molecule has 0 spiro atoms. The molecule has 0 amide bonds. The molecule has 0 bridgehead atoms. The quantitative estimate of drug-likeness (QED) is 0.496. The van der Waals surface area contributed by atoms with E-state index in [2.05, 4.69) is 22.1 Å². The number of nitrogens with zero attached hydrogens (tertiary/aromatic N) is 2. The molecule has 0 atom stereocenters. The number of rotatable bonds is 0. The van der Waals surface area contributed by atoms with Gasteiger partial charge in [-0.25, -0.2) is 9.97 Å². The Balaban J connectivity index is 2.61. The van der Waals surface area contributed by atoms with Crippen LogP contribution >= 0.6 is 0 Å². The van der Waals surface area contributed by atoms with Crippen molar-refractivity contribution in [1.82, 2.24) is 9.97 Å². The third kappa shape index (κ3) is 0.973. The third-order valence-corrected chi connectivity index (χ3v) is 2.33. The molecule has 0 saturated heterocycles. The van der Waals surface area contributed by atoms with Crippen LogP contribution in [0.5, 0.6) is 0 Å². The molecule has 0 aliphatic carbocycles. The Bertz CT molecular complexity index is 547. The van der Waals surface area contributed by atoms with Crippen LogP contribution < -0.4 is 0 Å². The first-order valence-electron chi connectivity index (χ1n) is 4.44. The predicted molar refractivity (Wildman–Crippen MR) is 55.9 cm³/mol. The summed E-state index contributed by atoms with van der Waals surface area (Å²) in [4.78, 5) is 8.29. The molecule has 0 saturated carbocycles. The summed E-state index contributed by atoms with van der Waals surface area (Å²) in [5, 5.41) is 3.40. The van der Waals surface area contributed by atoms with Crippen LogP contribution in [0, 0.1) is 6.07 Å². The lowest BCUT2D eigenvalue weighted by atomic mass is 10.1. The first kappa shape index (κ1) is 7.44. The van der Waals surface area contributed by atoms with Gasteiger partial charge in [0.05, 0.1) is 5.52 Å². The molecule has 0 N–H and O–H groups in total. The van der Waals surface area contributed by atoms with Crippen LogP contribution in [0.4, 0.5) is 0 Å². The van der Waals surface area contributed by atoms with Gasteiger partial charge in [-0.2, -0.15) is 0 Å². The van der Waals surface area contributed by atoms with Gasteiger partial charge in [-0.3, -0.25) is 0 Å². The van der Waals surface area contributed by atoms with Crippen LogP contribution in [0.25, 0.3) is 21.7 Å². The lowest BCUT2D eigenvalue weighted by Crippen LogP contribution is -1.82. The standard InChI is InChI=1S/C12H7N2/c1-2-4-11-9(3-1)5-6-10-7-13-8-14-12(10)11/h2-8H. The molecule has 1 aromatic heterocycles. The Morgan fingerprint density at radius 3 is 3.00 bits per heavy atom. The summed E-state index contributed by atoms with van der Waals surface area (Å²) in [6.07, 6.45) is 3.41. The maximum absolute atomic E-state index is 4.28. The van der Waals surface area contributed by atoms with E-state index in [1.165, 1.54) is 5.39 Å². The van der Waals surface area contributed by atoms with Crippen molar-refractivity contribution in [2.75, 3.05) is 0 Å². The maximum Gasteiger partial charge on any atom is 0.116 e. The summed E-state index contributed by atoms with van der Waals surface area (Å²) in [6, 6.07) is 13.1. The van der Waals surface area contributed by atoms with E-state index in [1.54, 1.807) is 6.33 Å². The topological polar surface area (TPSA) is 25.8 Å². The SMILES string of the molecule is [c]1ccc2c(c1)ccc1cncnc12. The Morgan fingerprint density at radius 1 is 1.07 bits per heavy atom. The Morgan fingerprint density at radius 2 is 2.00 bits per heavy atom. The van der Waals surface area contributed by atoms with Crippen LogP contribution in [-0.4, -0.2) is 9.97 Å². The van der Waals surface area contributed by atoms with Gasteiger partial charge in [0, 0.05) is 17.0 Å².